The molecule has 2 atom stereocenters. The fraction of sp³-hybridized carbons (Fsp3) is 0.391. The maximum absolute atomic E-state index is 12.9. The largest absolute Gasteiger partial charge is 0.336 e. The van der Waals surface area contributed by atoms with E-state index in [1.165, 1.54) is 12.1 Å². The van der Waals surface area contributed by atoms with E-state index in [1.807, 2.05) is 44.2 Å². The van der Waals surface area contributed by atoms with Crippen molar-refractivity contribution in [3.63, 3.8) is 0 Å². The topological polar surface area (TPSA) is 93.5 Å². The zero-order valence-electron chi connectivity index (χ0n) is 17.9. The van der Waals surface area contributed by atoms with Crippen LogP contribution < -0.4 is 4.72 Å². The SMILES string of the molecule is CCC(C)NS(=O)(=O)c1ccc(C(=O)N2CCN(C(C#N)c3ccccc3)CC2)cc1. The van der Waals surface area contributed by atoms with Gasteiger partial charge in [0, 0.05) is 37.8 Å². The third kappa shape index (κ3) is 5.50. The molecular weight excluding hydrogens is 412 g/mol. The number of benzene rings is 2. The van der Waals surface area contributed by atoms with Gasteiger partial charge in [-0.2, -0.15) is 5.26 Å². The van der Waals surface area contributed by atoms with Crippen LogP contribution in [-0.2, 0) is 10.0 Å². The second-order valence-corrected chi connectivity index (χ2v) is 9.44. The molecule has 7 nitrogen and oxygen atoms in total. The number of hydrogen-bond acceptors (Lipinski definition) is 5. The molecule has 2 aromatic rings. The lowest BCUT2D eigenvalue weighted by molar-refractivity contribution is 0.0606. The van der Waals surface area contributed by atoms with Crippen LogP contribution >= 0.6 is 0 Å². The molecule has 1 saturated heterocycles. The standard InChI is InChI=1S/C23H28N4O3S/c1-3-18(2)25-31(29,30)21-11-9-20(10-12-21)23(28)27-15-13-26(14-16-27)22(17-24)19-7-5-4-6-8-19/h4-12,18,22,25H,3,13-16H2,1-2H3. The lowest BCUT2D eigenvalue weighted by atomic mass is 10.1. The van der Waals surface area contributed by atoms with Crippen molar-refractivity contribution in [1.29, 1.82) is 5.26 Å². The van der Waals surface area contributed by atoms with E-state index in [1.54, 1.807) is 17.0 Å². The first-order valence-corrected chi connectivity index (χ1v) is 11.9. The summed E-state index contributed by atoms with van der Waals surface area (Å²) in [5.41, 5.74) is 1.41. The first-order chi connectivity index (χ1) is 14.9. The van der Waals surface area contributed by atoms with Gasteiger partial charge in [0.15, 0.2) is 0 Å². The third-order valence-electron chi connectivity index (χ3n) is 5.58. The Bertz CT molecular complexity index is 1020. The van der Waals surface area contributed by atoms with Gasteiger partial charge in [0.05, 0.1) is 11.0 Å². The van der Waals surface area contributed by atoms with Crippen LogP contribution in [0.15, 0.2) is 59.5 Å². The van der Waals surface area contributed by atoms with Crippen molar-refractivity contribution in [1.82, 2.24) is 14.5 Å². The summed E-state index contributed by atoms with van der Waals surface area (Å²) >= 11 is 0. The summed E-state index contributed by atoms with van der Waals surface area (Å²) < 4.78 is 27.4. The predicted molar refractivity (Wildman–Crippen MR) is 119 cm³/mol. The average Bonchev–Trinajstić information content (AvgIpc) is 2.80. The maximum Gasteiger partial charge on any atom is 0.253 e. The number of amides is 1. The molecule has 8 heteroatoms. The van der Waals surface area contributed by atoms with Crippen LogP contribution in [0.1, 0.15) is 42.2 Å². The van der Waals surface area contributed by atoms with E-state index in [0.717, 1.165) is 5.56 Å². The molecule has 1 amide bonds. The van der Waals surface area contributed by atoms with Crippen LogP contribution in [0.4, 0.5) is 0 Å². The first-order valence-electron chi connectivity index (χ1n) is 10.5. The molecule has 0 aromatic heterocycles. The van der Waals surface area contributed by atoms with E-state index in [0.29, 0.717) is 38.2 Å². The third-order valence-corrected chi connectivity index (χ3v) is 7.19. The normalized spacial score (nSPS) is 17.0. The van der Waals surface area contributed by atoms with Gasteiger partial charge in [-0.1, -0.05) is 37.3 Å². The Morgan fingerprint density at radius 3 is 2.23 bits per heavy atom. The summed E-state index contributed by atoms with van der Waals surface area (Å²) in [6, 6.07) is 17.6. The van der Waals surface area contributed by atoms with Gasteiger partial charge in [-0.3, -0.25) is 9.69 Å². The number of nitrogens with zero attached hydrogens (tertiary/aromatic N) is 3. The number of rotatable bonds is 7. The fourth-order valence-corrected chi connectivity index (χ4v) is 4.89. The minimum absolute atomic E-state index is 0.133. The second-order valence-electron chi connectivity index (χ2n) is 7.73. The van der Waals surface area contributed by atoms with E-state index in [4.69, 9.17) is 0 Å². The van der Waals surface area contributed by atoms with E-state index >= 15 is 0 Å². The highest BCUT2D eigenvalue weighted by atomic mass is 32.2. The van der Waals surface area contributed by atoms with Crippen LogP contribution in [0.2, 0.25) is 0 Å². The number of sulfonamides is 1. The van der Waals surface area contributed by atoms with Gasteiger partial charge in [-0.15, -0.1) is 0 Å². The van der Waals surface area contributed by atoms with Gasteiger partial charge in [-0.25, -0.2) is 13.1 Å². The molecule has 1 aliphatic heterocycles. The Labute approximate surface area is 184 Å². The molecule has 2 aromatic carbocycles. The highest BCUT2D eigenvalue weighted by Gasteiger charge is 2.27. The Kier molecular flexibility index (Phi) is 7.44. The van der Waals surface area contributed by atoms with Gasteiger partial charge >= 0.3 is 0 Å². The summed E-state index contributed by atoms with van der Waals surface area (Å²) in [5.74, 6) is -0.133. The zero-order valence-corrected chi connectivity index (χ0v) is 18.7. The molecule has 1 N–H and O–H groups in total. The Morgan fingerprint density at radius 1 is 1.06 bits per heavy atom. The van der Waals surface area contributed by atoms with Crippen molar-refractivity contribution in [2.75, 3.05) is 26.2 Å². The van der Waals surface area contributed by atoms with E-state index < -0.39 is 10.0 Å². The summed E-state index contributed by atoms with van der Waals surface area (Å²) in [4.78, 5) is 16.9. The van der Waals surface area contributed by atoms with Crippen molar-refractivity contribution >= 4 is 15.9 Å². The van der Waals surface area contributed by atoms with Crippen LogP contribution in [0, 0.1) is 11.3 Å². The number of hydrogen-bond donors (Lipinski definition) is 1. The van der Waals surface area contributed by atoms with Gasteiger partial charge in [0.25, 0.3) is 5.91 Å². The molecule has 1 heterocycles. The van der Waals surface area contributed by atoms with Gasteiger partial charge in [0.2, 0.25) is 10.0 Å². The molecule has 164 valence electrons. The Hall–Kier alpha value is -2.73. The predicted octanol–water partition coefficient (Wildman–Crippen LogP) is 2.79. The highest BCUT2D eigenvalue weighted by molar-refractivity contribution is 7.89. The molecule has 1 fully saturated rings. The zero-order chi connectivity index (χ0) is 22.4. The summed E-state index contributed by atoms with van der Waals surface area (Å²) in [6.45, 7) is 5.95. The quantitative estimate of drug-likeness (QED) is 0.715. The van der Waals surface area contributed by atoms with E-state index in [-0.39, 0.29) is 22.9 Å². The number of carbonyl (C=O) groups excluding carboxylic acids is 1. The highest BCUT2D eigenvalue weighted by Crippen LogP contribution is 2.22. The van der Waals surface area contributed by atoms with Gasteiger partial charge in [-0.05, 0) is 43.2 Å². The molecule has 3 rings (SSSR count). The van der Waals surface area contributed by atoms with Gasteiger partial charge < -0.3 is 4.90 Å². The van der Waals surface area contributed by atoms with Crippen molar-refractivity contribution in [3.05, 3.63) is 65.7 Å². The molecule has 31 heavy (non-hydrogen) atoms. The van der Waals surface area contributed by atoms with Crippen LogP contribution in [0.5, 0.6) is 0 Å². The maximum atomic E-state index is 12.9. The smallest absolute Gasteiger partial charge is 0.253 e. The Morgan fingerprint density at radius 2 is 1.68 bits per heavy atom. The summed E-state index contributed by atoms with van der Waals surface area (Å²) in [5, 5.41) is 9.62. The summed E-state index contributed by atoms with van der Waals surface area (Å²) in [7, 11) is -3.60. The summed E-state index contributed by atoms with van der Waals surface area (Å²) in [6.07, 6.45) is 0.693. The second kappa shape index (κ2) is 10.1. The number of nitriles is 1. The molecule has 0 bridgehead atoms. The molecule has 0 aliphatic carbocycles. The van der Waals surface area contributed by atoms with Crippen LogP contribution in [-0.4, -0.2) is 56.3 Å². The molecule has 0 spiro atoms. The fourth-order valence-electron chi connectivity index (χ4n) is 3.56. The van der Waals surface area contributed by atoms with Crippen LogP contribution in [0.3, 0.4) is 0 Å². The molecule has 1 aliphatic rings. The minimum atomic E-state index is -3.60. The minimum Gasteiger partial charge on any atom is -0.336 e. The van der Waals surface area contributed by atoms with Crippen molar-refractivity contribution < 1.29 is 13.2 Å². The van der Waals surface area contributed by atoms with E-state index in [2.05, 4.69) is 15.7 Å². The van der Waals surface area contributed by atoms with Gasteiger partial charge in [0.1, 0.15) is 6.04 Å². The average molecular weight is 441 g/mol. The van der Waals surface area contributed by atoms with Crippen LogP contribution in [0.25, 0.3) is 0 Å². The molecule has 2 unspecified atom stereocenters. The number of carbonyl (C=O) groups is 1. The molecule has 0 saturated carbocycles. The Balaban J connectivity index is 1.63. The van der Waals surface area contributed by atoms with Crippen molar-refractivity contribution in [2.45, 2.75) is 37.2 Å². The first kappa shape index (κ1) is 22.9. The van der Waals surface area contributed by atoms with Crippen molar-refractivity contribution in [3.8, 4) is 6.07 Å². The number of piperazine rings is 1. The van der Waals surface area contributed by atoms with Crippen molar-refractivity contribution in [2.24, 2.45) is 0 Å². The number of nitrogens with one attached hydrogen (secondary N) is 1. The lowest BCUT2D eigenvalue weighted by Crippen LogP contribution is -2.49. The molecule has 0 radical (unpaired) electrons. The monoisotopic (exact) mass is 440 g/mol. The molecular formula is C23H28N4O3S. The van der Waals surface area contributed by atoms with E-state index in [9.17, 15) is 18.5 Å². The lowest BCUT2D eigenvalue weighted by Gasteiger charge is -2.37.